The van der Waals surface area contributed by atoms with Gasteiger partial charge in [-0.25, -0.2) is 4.39 Å². The minimum absolute atomic E-state index is 0.0880. The van der Waals surface area contributed by atoms with Gasteiger partial charge in [-0.2, -0.15) is 0 Å². The van der Waals surface area contributed by atoms with Gasteiger partial charge in [-0.05, 0) is 43.4 Å². The Labute approximate surface area is 103 Å². The van der Waals surface area contributed by atoms with Crippen molar-refractivity contribution in [2.75, 3.05) is 6.54 Å². The lowest BCUT2D eigenvalue weighted by atomic mass is 9.75. The van der Waals surface area contributed by atoms with E-state index in [2.05, 4.69) is 25.2 Å². The Morgan fingerprint density at radius 1 is 1.29 bits per heavy atom. The number of hydrogen-bond donors (Lipinski definition) is 1. The van der Waals surface area contributed by atoms with Crippen LogP contribution in [0.25, 0.3) is 0 Å². The summed E-state index contributed by atoms with van der Waals surface area (Å²) in [4.78, 5) is 0. The zero-order valence-electron chi connectivity index (χ0n) is 10.8. The van der Waals surface area contributed by atoms with E-state index >= 15 is 0 Å². The molecular weight excluding hydrogens is 213 g/mol. The fourth-order valence-corrected chi connectivity index (χ4v) is 2.46. The maximum absolute atomic E-state index is 13.4. The summed E-state index contributed by atoms with van der Waals surface area (Å²) in [5.41, 5.74) is 1.22. The van der Waals surface area contributed by atoms with Crippen LogP contribution in [0.1, 0.15) is 45.1 Å². The second kappa shape index (κ2) is 5.18. The predicted molar refractivity (Wildman–Crippen MR) is 69.7 cm³/mol. The molecule has 17 heavy (non-hydrogen) atoms. The van der Waals surface area contributed by atoms with Crippen molar-refractivity contribution in [3.63, 3.8) is 0 Å². The first-order chi connectivity index (χ1) is 8.20. The predicted octanol–water partition coefficient (Wildman–Crippen LogP) is 3.64. The number of benzene rings is 1. The van der Waals surface area contributed by atoms with Crippen molar-refractivity contribution < 1.29 is 4.39 Å². The first kappa shape index (κ1) is 12.6. The van der Waals surface area contributed by atoms with Gasteiger partial charge >= 0.3 is 0 Å². The number of rotatable bonds is 6. The van der Waals surface area contributed by atoms with Crippen LogP contribution in [0, 0.1) is 5.82 Å². The summed E-state index contributed by atoms with van der Waals surface area (Å²) in [6, 6.07) is 7.81. The van der Waals surface area contributed by atoms with Crippen LogP contribution in [0.4, 0.5) is 4.39 Å². The standard InChI is InChI=1S/C15H22FN/c1-3-15(4-2,11-17-14-8-9-14)12-6-5-7-13(16)10-12/h5-7,10,14,17H,3-4,8-9,11H2,1-2H3. The Bertz CT molecular complexity index is 367. The lowest BCUT2D eigenvalue weighted by Gasteiger charge is -2.33. The van der Waals surface area contributed by atoms with Gasteiger partial charge in [0.05, 0.1) is 0 Å². The Balaban J connectivity index is 2.18. The molecule has 0 aromatic heterocycles. The van der Waals surface area contributed by atoms with E-state index in [1.807, 2.05) is 6.07 Å². The van der Waals surface area contributed by atoms with Crippen molar-refractivity contribution in [1.82, 2.24) is 5.32 Å². The van der Waals surface area contributed by atoms with Gasteiger partial charge < -0.3 is 5.32 Å². The number of nitrogens with one attached hydrogen (secondary N) is 1. The second-order valence-electron chi connectivity index (χ2n) is 5.15. The van der Waals surface area contributed by atoms with Crippen molar-refractivity contribution in [3.05, 3.63) is 35.6 Å². The summed E-state index contributed by atoms with van der Waals surface area (Å²) in [6.45, 7) is 5.36. The molecule has 1 nitrogen and oxygen atoms in total. The van der Waals surface area contributed by atoms with Crippen LogP contribution in [0.5, 0.6) is 0 Å². The highest BCUT2D eigenvalue weighted by Crippen LogP contribution is 2.32. The van der Waals surface area contributed by atoms with Gasteiger partial charge in [-0.1, -0.05) is 26.0 Å². The normalized spacial score (nSPS) is 16.2. The molecule has 94 valence electrons. The van der Waals surface area contributed by atoms with Crippen LogP contribution in [0.15, 0.2) is 24.3 Å². The molecule has 2 heteroatoms. The Kier molecular flexibility index (Phi) is 3.82. The summed E-state index contributed by atoms with van der Waals surface area (Å²) < 4.78 is 13.4. The Morgan fingerprint density at radius 2 is 2.00 bits per heavy atom. The summed E-state index contributed by atoms with van der Waals surface area (Å²) in [5.74, 6) is -0.125. The molecule has 2 rings (SSSR count). The highest BCUT2D eigenvalue weighted by atomic mass is 19.1. The van der Waals surface area contributed by atoms with Crippen molar-refractivity contribution in [2.24, 2.45) is 0 Å². The van der Waals surface area contributed by atoms with Gasteiger partial charge in [0, 0.05) is 18.0 Å². The SMILES string of the molecule is CCC(CC)(CNC1CC1)c1cccc(F)c1. The van der Waals surface area contributed by atoms with Gasteiger partial charge in [-0.15, -0.1) is 0 Å². The van der Waals surface area contributed by atoms with Gasteiger partial charge in [0.15, 0.2) is 0 Å². The molecule has 0 unspecified atom stereocenters. The first-order valence-corrected chi connectivity index (χ1v) is 6.69. The molecular formula is C15H22FN. The molecule has 0 aliphatic heterocycles. The quantitative estimate of drug-likeness (QED) is 0.794. The number of halogens is 1. The maximum Gasteiger partial charge on any atom is 0.123 e. The maximum atomic E-state index is 13.4. The molecule has 0 radical (unpaired) electrons. The van der Waals surface area contributed by atoms with E-state index in [1.54, 1.807) is 6.07 Å². The fraction of sp³-hybridized carbons (Fsp3) is 0.600. The average Bonchev–Trinajstić information content (AvgIpc) is 3.15. The molecule has 1 aromatic rings. The molecule has 1 fully saturated rings. The molecule has 0 amide bonds. The minimum atomic E-state index is -0.125. The molecule has 0 spiro atoms. The molecule has 0 saturated heterocycles. The lowest BCUT2D eigenvalue weighted by Crippen LogP contribution is -2.38. The second-order valence-corrected chi connectivity index (χ2v) is 5.15. The van der Waals surface area contributed by atoms with Gasteiger partial charge in [0.1, 0.15) is 5.82 Å². The minimum Gasteiger partial charge on any atom is -0.313 e. The lowest BCUT2D eigenvalue weighted by molar-refractivity contribution is 0.365. The van der Waals surface area contributed by atoms with Crippen LogP contribution in [0.3, 0.4) is 0 Å². The zero-order chi connectivity index (χ0) is 12.3. The summed E-state index contributed by atoms with van der Waals surface area (Å²) >= 11 is 0. The monoisotopic (exact) mass is 235 g/mol. The van der Waals surface area contributed by atoms with E-state index in [9.17, 15) is 4.39 Å². The topological polar surface area (TPSA) is 12.0 Å². The van der Waals surface area contributed by atoms with E-state index < -0.39 is 0 Å². The molecule has 1 saturated carbocycles. The van der Waals surface area contributed by atoms with E-state index in [-0.39, 0.29) is 11.2 Å². The van der Waals surface area contributed by atoms with Crippen molar-refractivity contribution in [1.29, 1.82) is 0 Å². The van der Waals surface area contributed by atoms with E-state index in [0.717, 1.165) is 24.9 Å². The smallest absolute Gasteiger partial charge is 0.123 e. The number of hydrogen-bond acceptors (Lipinski definition) is 1. The molecule has 1 N–H and O–H groups in total. The highest BCUT2D eigenvalue weighted by molar-refractivity contribution is 5.26. The average molecular weight is 235 g/mol. The van der Waals surface area contributed by atoms with Crippen LogP contribution < -0.4 is 5.32 Å². The van der Waals surface area contributed by atoms with Crippen molar-refractivity contribution in [2.45, 2.75) is 51.0 Å². The summed E-state index contributed by atoms with van der Waals surface area (Å²) in [6.07, 6.45) is 4.69. The molecule has 1 aliphatic carbocycles. The van der Waals surface area contributed by atoms with E-state index in [1.165, 1.54) is 18.9 Å². The third kappa shape index (κ3) is 2.86. The third-order valence-electron chi connectivity index (χ3n) is 4.10. The van der Waals surface area contributed by atoms with E-state index in [4.69, 9.17) is 0 Å². The van der Waals surface area contributed by atoms with Crippen molar-refractivity contribution in [3.8, 4) is 0 Å². The van der Waals surface area contributed by atoms with Crippen LogP contribution in [0.2, 0.25) is 0 Å². The molecule has 1 aromatic carbocycles. The largest absolute Gasteiger partial charge is 0.313 e. The van der Waals surface area contributed by atoms with Crippen molar-refractivity contribution >= 4 is 0 Å². The van der Waals surface area contributed by atoms with Crippen LogP contribution in [-0.4, -0.2) is 12.6 Å². The highest BCUT2D eigenvalue weighted by Gasteiger charge is 2.31. The molecule has 0 heterocycles. The third-order valence-corrected chi connectivity index (χ3v) is 4.10. The van der Waals surface area contributed by atoms with Crippen LogP contribution in [-0.2, 0) is 5.41 Å². The zero-order valence-corrected chi connectivity index (χ0v) is 10.8. The Hall–Kier alpha value is -0.890. The first-order valence-electron chi connectivity index (χ1n) is 6.69. The molecule has 0 bridgehead atoms. The molecule has 1 aliphatic rings. The van der Waals surface area contributed by atoms with Gasteiger partial charge in [-0.3, -0.25) is 0 Å². The van der Waals surface area contributed by atoms with E-state index in [0.29, 0.717) is 6.04 Å². The molecule has 0 atom stereocenters. The fourth-order valence-electron chi connectivity index (χ4n) is 2.46. The van der Waals surface area contributed by atoms with Crippen LogP contribution >= 0.6 is 0 Å². The van der Waals surface area contributed by atoms with Gasteiger partial charge in [0.2, 0.25) is 0 Å². The van der Waals surface area contributed by atoms with Gasteiger partial charge in [0.25, 0.3) is 0 Å². The summed E-state index contributed by atoms with van der Waals surface area (Å²) in [7, 11) is 0. The summed E-state index contributed by atoms with van der Waals surface area (Å²) in [5, 5.41) is 3.59. The Morgan fingerprint density at radius 3 is 2.53 bits per heavy atom.